The van der Waals surface area contributed by atoms with E-state index < -0.39 is 0 Å². The van der Waals surface area contributed by atoms with Gasteiger partial charge in [0.15, 0.2) is 0 Å². The van der Waals surface area contributed by atoms with E-state index in [1.54, 1.807) is 25.3 Å². The van der Waals surface area contributed by atoms with Gasteiger partial charge in [0, 0.05) is 23.3 Å². The Morgan fingerprint density at radius 2 is 1.92 bits per heavy atom. The second kappa shape index (κ2) is 10.1. The topological polar surface area (TPSA) is 56.8 Å². The number of amides is 1. The summed E-state index contributed by atoms with van der Waals surface area (Å²) in [6.07, 6.45) is 0.873. The lowest BCUT2D eigenvalue weighted by molar-refractivity contribution is 0.102. The van der Waals surface area contributed by atoms with Crippen molar-refractivity contribution in [3.63, 3.8) is 0 Å². The SMILES string of the molecule is CCCOc1ccc(Br)cc1C(=O)Nc1cccc(OCCOC)c1. The number of ether oxygens (including phenoxy) is 3. The van der Waals surface area contributed by atoms with Crippen LogP contribution in [-0.2, 0) is 4.74 Å². The van der Waals surface area contributed by atoms with E-state index in [9.17, 15) is 4.79 Å². The van der Waals surface area contributed by atoms with Crippen LogP contribution in [-0.4, -0.2) is 32.8 Å². The maximum atomic E-state index is 12.6. The minimum absolute atomic E-state index is 0.235. The molecule has 2 aromatic carbocycles. The van der Waals surface area contributed by atoms with Crippen LogP contribution in [0.15, 0.2) is 46.9 Å². The van der Waals surface area contributed by atoms with Crippen molar-refractivity contribution in [3.8, 4) is 11.5 Å². The van der Waals surface area contributed by atoms with Crippen molar-refractivity contribution in [2.75, 3.05) is 32.2 Å². The monoisotopic (exact) mass is 407 g/mol. The summed E-state index contributed by atoms with van der Waals surface area (Å²) in [4.78, 5) is 12.6. The highest BCUT2D eigenvalue weighted by Gasteiger charge is 2.14. The lowest BCUT2D eigenvalue weighted by Crippen LogP contribution is -2.14. The molecule has 2 rings (SSSR count). The van der Waals surface area contributed by atoms with Gasteiger partial charge in [-0.25, -0.2) is 0 Å². The first-order valence-electron chi connectivity index (χ1n) is 8.09. The van der Waals surface area contributed by atoms with Crippen LogP contribution in [0, 0.1) is 0 Å². The van der Waals surface area contributed by atoms with E-state index >= 15 is 0 Å². The number of rotatable bonds is 9. The number of hydrogen-bond donors (Lipinski definition) is 1. The van der Waals surface area contributed by atoms with Crippen LogP contribution in [0.3, 0.4) is 0 Å². The second-order valence-electron chi connectivity index (χ2n) is 5.31. The number of anilines is 1. The predicted molar refractivity (Wildman–Crippen MR) is 102 cm³/mol. The minimum Gasteiger partial charge on any atom is -0.493 e. The van der Waals surface area contributed by atoms with Crippen LogP contribution in [0.4, 0.5) is 5.69 Å². The summed E-state index contributed by atoms with van der Waals surface area (Å²) in [6, 6.07) is 12.6. The molecule has 0 saturated heterocycles. The first-order chi connectivity index (χ1) is 12.1. The molecule has 0 radical (unpaired) electrons. The van der Waals surface area contributed by atoms with E-state index in [0.29, 0.717) is 42.6 Å². The van der Waals surface area contributed by atoms with Crippen LogP contribution in [0.25, 0.3) is 0 Å². The van der Waals surface area contributed by atoms with E-state index in [1.807, 2.05) is 31.2 Å². The highest BCUT2D eigenvalue weighted by molar-refractivity contribution is 9.10. The molecule has 0 unspecified atom stereocenters. The van der Waals surface area contributed by atoms with E-state index in [4.69, 9.17) is 14.2 Å². The normalized spacial score (nSPS) is 10.4. The highest BCUT2D eigenvalue weighted by atomic mass is 79.9. The molecule has 0 aliphatic carbocycles. The summed E-state index contributed by atoms with van der Waals surface area (Å²) >= 11 is 3.40. The largest absolute Gasteiger partial charge is 0.493 e. The molecule has 25 heavy (non-hydrogen) atoms. The molecule has 0 saturated carbocycles. The third-order valence-corrected chi connectivity index (χ3v) is 3.79. The van der Waals surface area contributed by atoms with Gasteiger partial charge in [-0.3, -0.25) is 4.79 Å². The molecule has 1 N–H and O–H groups in total. The number of hydrogen-bond acceptors (Lipinski definition) is 4. The molecule has 134 valence electrons. The maximum absolute atomic E-state index is 12.6. The van der Waals surface area contributed by atoms with Crippen LogP contribution in [0.5, 0.6) is 11.5 Å². The summed E-state index contributed by atoms with van der Waals surface area (Å²) in [5, 5.41) is 2.88. The van der Waals surface area contributed by atoms with Crippen molar-refractivity contribution in [3.05, 3.63) is 52.5 Å². The lowest BCUT2D eigenvalue weighted by Gasteiger charge is -2.12. The Hall–Kier alpha value is -2.05. The number of halogens is 1. The zero-order chi connectivity index (χ0) is 18.1. The number of carbonyl (C=O) groups excluding carboxylic acids is 1. The Morgan fingerprint density at radius 1 is 1.08 bits per heavy atom. The third kappa shape index (κ3) is 6.07. The van der Waals surface area contributed by atoms with Gasteiger partial charge in [0.2, 0.25) is 0 Å². The fourth-order valence-corrected chi connectivity index (χ4v) is 2.48. The summed E-state index contributed by atoms with van der Waals surface area (Å²) in [5.41, 5.74) is 1.13. The first kappa shape index (κ1) is 19.3. The van der Waals surface area contributed by atoms with Crippen molar-refractivity contribution in [2.24, 2.45) is 0 Å². The van der Waals surface area contributed by atoms with Crippen molar-refractivity contribution in [2.45, 2.75) is 13.3 Å². The predicted octanol–water partition coefficient (Wildman–Crippen LogP) is 4.52. The average molecular weight is 408 g/mol. The Bertz CT molecular complexity index is 706. The number of methoxy groups -OCH3 is 1. The maximum Gasteiger partial charge on any atom is 0.259 e. The Balaban J connectivity index is 2.11. The van der Waals surface area contributed by atoms with Crippen LogP contribution < -0.4 is 14.8 Å². The summed E-state index contributed by atoms with van der Waals surface area (Å²) in [7, 11) is 1.62. The molecule has 0 bridgehead atoms. The zero-order valence-electron chi connectivity index (χ0n) is 14.4. The molecule has 0 atom stereocenters. The van der Waals surface area contributed by atoms with Crippen molar-refractivity contribution >= 4 is 27.5 Å². The summed E-state index contributed by atoms with van der Waals surface area (Å²) < 4.78 is 17.0. The minimum atomic E-state index is -0.235. The van der Waals surface area contributed by atoms with Crippen LogP contribution >= 0.6 is 15.9 Å². The Labute approximate surface area is 156 Å². The van der Waals surface area contributed by atoms with Gasteiger partial charge in [0.25, 0.3) is 5.91 Å². The molecule has 0 spiro atoms. The Morgan fingerprint density at radius 3 is 2.68 bits per heavy atom. The van der Waals surface area contributed by atoms with Crippen LogP contribution in [0.2, 0.25) is 0 Å². The van der Waals surface area contributed by atoms with Gasteiger partial charge in [-0.15, -0.1) is 0 Å². The van der Waals surface area contributed by atoms with E-state index in [1.165, 1.54) is 0 Å². The van der Waals surface area contributed by atoms with Gasteiger partial charge in [-0.1, -0.05) is 28.9 Å². The molecule has 5 nitrogen and oxygen atoms in total. The number of nitrogens with one attached hydrogen (secondary N) is 1. The molecule has 0 fully saturated rings. The Kier molecular flexibility index (Phi) is 7.76. The molecule has 6 heteroatoms. The van der Waals surface area contributed by atoms with Gasteiger partial charge in [-0.2, -0.15) is 0 Å². The molecular formula is C19H22BrNO4. The molecular weight excluding hydrogens is 386 g/mol. The standard InChI is InChI=1S/C19H22BrNO4/c1-3-9-25-18-8-7-14(20)12-17(18)19(22)21-15-5-4-6-16(13-15)24-11-10-23-2/h4-8,12-13H,3,9-11H2,1-2H3,(H,21,22). The van der Waals surface area contributed by atoms with Crippen molar-refractivity contribution in [1.82, 2.24) is 0 Å². The smallest absolute Gasteiger partial charge is 0.259 e. The van der Waals surface area contributed by atoms with Crippen molar-refractivity contribution < 1.29 is 19.0 Å². The number of carbonyl (C=O) groups is 1. The molecule has 0 aromatic heterocycles. The van der Waals surface area contributed by atoms with Crippen molar-refractivity contribution in [1.29, 1.82) is 0 Å². The van der Waals surface area contributed by atoms with Gasteiger partial charge < -0.3 is 19.5 Å². The van der Waals surface area contributed by atoms with E-state index in [-0.39, 0.29) is 5.91 Å². The third-order valence-electron chi connectivity index (χ3n) is 3.30. The lowest BCUT2D eigenvalue weighted by atomic mass is 10.2. The molecule has 0 heterocycles. The highest BCUT2D eigenvalue weighted by Crippen LogP contribution is 2.25. The van der Waals surface area contributed by atoms with E-state index in [2.05, 4.69) is 21.2 Å². The summed E-state index contributed by atoms with van der Waals surface area (Å²) in [5.74, 6) is 1.00. The van der Waals surface area contributed by atoms with Gasteiger partial charge in [0.1, 0.15) is 18.1 Å². The fourth-order valence-electron chi connectivity index (χ4n) is 2.12. The zero-order valence-corrected chi connectivity index (χ0v) is 16.0. The quantitative estimate of drug-likeness (QED) is 0.620. The number of benzene rings is 2. The first-order valence-corrected chi connectivity index (χ1v) is 8.89. The molecule has 1 amide bonds. The average Bonchev–Trinajstić information content (AvgIpc) is 2.61. The van der Waals surface area contributed by atoms with Gasteiger partial charge in [0.05, 0.1) is 18.8 Å². The van der Waals surface area contributed by atoms with Gasteiger partial charge >= 0.3 is 0 Å². The molecule has 2 aromatic rings. The van der Waals surface area contributed by atoms with Gasteiger partial charge in [-0.05, 0) is 36.8 Å². The second-order valence-corrected chi connectivity index (χ2v) is 6.23. The fraction of sp³-hybridized carbons (Fsp3) is 0.316. The van der Waals surface area contributed by atoms with Crippen LogP contribution in [0.1, 0.15) is 23.7 Å². The van der Waals surface area contributed by atoms with E-state index in [0.717, 1.165) is 10.9 Å². The molecule has 0 aliphatic heterocycles. The molecule has 0 aliphatic rings. The summed E-state index contributed by atoms with van der Waals surface area (Å²) in [6.45, 7) is 3.54.